The van der Waals surface area contributed by atoms with Crippen LogP contribution in [0.1, 0.15) is 18.0 Å². The second kappa shape index (κ2) is 4.87. The van der Waals surface area contributed by atoms with Crippen LogP contribution in [0.2, 0.25) is 0 Å². The zero-order chi connectivity index (χ0) is 13.4. The number of hydrogen-bond donors (Lipinski definition) is 2. The number of ether oxygens (including phenoxy) is 1. The summed E-state index contributed by atoms with van der Waals surface area (Å²) in [4.78, 5) is 5.68. The van der Waals surface area contributed by atoms with Crippen LogP contribution >= 0.6 is 0 Å². The minimum Gasteiger partial charge on any atom is -0.495 e. The monoisotopic (exact) mass is 259 g/mol. The fourth-order valence-electron chi connectivity index (χ4n) is 3.25. The van der Waals surface area contributed by atoms with Crippen molar-refractivity contribution in [1.29, 1.82) is 0 Å². The molecule has 102 valence electrons. The van der Waals surface area contributed by atoms with Crippen molar-refractivity contribution in [3.05, 3.63) is 30.0 Å². The fourth-order valence-corrected chi connectivity index (χ4v) is 3.25. The van der Waals surface area contributed by atoms with Crippen molar-refractivity contribution in [1.82, 2.24) is 9.88 Å². The Hall–Kier alpha value is -1.52. The summed E-state index contributed by atoms with van der Waals surface area (Å²) in [6, 6.07) is 6.83. The summed E-state index contributed by atoms with van der Waals surface area (Å²) in [5, 5.41) is 1.26. The van der Waals surface area contributed by atoms with Crippen molar-refractivity contribution in [3.8, 4) is 5.75 Å². The highest BCUT2D eigenvalue weighted by atomic mass is 16.5. The van der Waals surface area contributed by atoms with Crippen LogP contribution in [0.4, 0.5) is 0 Å². The van der Waals surface area contributed by atoms with Crippen molar-refractivity contribution >= 4 is 10.9 Å². The van der Waals surface area contributed by atoms with E-state index in [-0.39, 0.29) is 0 Å². The first-order valence-corrected chi connectivity index (χ1v) is 6.79. The molecular formula is C15H21N3O. The van der Waals surface area contributed by atoms with Crippen molar-refractivity contribution in [2.75, 3.05) is 27.2 Å². The Bertz CT molecular complexity index is 578. The molecule has 2 unspecified atom stereocenters. The first kappa shape index (κ1) is 12.5. The number of rotatable bonds is 3. The van der Waals surface area contributed by atoms with Crippen LogP contribution in [0, 0.1) is 5.92 Å². The summed E-state index contributed by atoms with van der Waals surface area (Å²) >= 11 is 0. The molecule has 0 aliphatic carbocycles. The Morgan fingerprint density at radius 2 is 2.26 bits per heavy atom. The fraction of sp³-hybridized carbons (Fsp3) is 0.467. The van der Waals surface area contributed by atoms with E-state index in [2.05, 4.69) is 35.1 Å². The van der Waals surface area contributed by atoms with Gasteiger partial charge in [0.15, 0.2) is 0 Å². The Balaban J connectivity index is 2.04. The van der Waals surface area contributed by atoms with E-state index in [1.807, 2.05) is 6.20 Å². The van der Waals surface area contributed by atoms with Crippen LogP contribution in [-0.2, 0) is 0 Å². The second-order valence-electron chi connectivity index (χ2n) is 5.42. The maximum atomic E-state index is 5.82. The third-order valence-electron chi connectivity index (χ3n) is 4.27. The van der Waals surface area contributed by atoms with Gasteiger partial charge in [0.1, 0.15) is 5.75 Å². The van der Waals surface area contributed by atoms with Crippen molar-refractivity contribution < 1.29 is 4.74 Å². The van der Waals surface area contributed by atoms with Gasteiger partial charge in [-0.3, -0.25) is 4.90 Å². The van der Waals surface area contributed by atoms with Gasteiger partial charge in [0.05, 0.1) is 12.6 Å². The third-order valence-corrected chi connectivity index (χ3v) is 4.27. The lowest BCUT2D eigenvalue weighted by Gasteiger charge is -2.21. The van der Waals surface area contributed by atoms with E-state index in [4.69, 9.17) is 10.5 Å². The average molecular weight is 259 g/mol. The number of aromatic amines is 1. The summed E-state index contributed by atoms with van der Waals surface area (Å²) < 4.78 is 5.41. The molecule has 19 heavy (non-hydrogen) atoms. The molecule has 1 aliphatic heterocycles. The third kappa shape index (κ3) is 2.01. The summed E-state index contributed by atoms with van der Waals surface area (Å²) in [7, 11) is 3.89. The zero-order valence-electron chi connectivity index (χ0n) is 11.5. The first-order valence-electron chi connectivity index (χ1n) is 6.79. The Kier molecular flexibility index (Phi) is 3.21. The van der Waals surface area contributed by atoms with Crippen molar-refractivity contribution in [3.63, 3.8) is 0 Å². The molecule has 0 radical (unpaired) electrons. The van der Waals surface area contributed by atoms with Gasteiger partial charge >= 0.3 is 0 Å². The van der Waals surface area contributed by atoms with E-state index >= 15 is 0 Å². The number of H-pyrrole nitrogens is 1. The highest BCUT2D eigenvalue weighted by molar-refractivity contribution is 5.88. The lowest BCUT2D eigenvalue weighted by molar-refractivity contribution is 0.315. The van der Waals surface area contributed by atoms with Crippen LogP contribution in [0.15, 0.2) is 24.4 Å². The Morgan fingerprint density at radius 3 is 2.95 bits per heavy atom. The molecule has 1 aromatic heterocycles. The summed E-state index contributed by atoms with van der Waals surface area (Å²) in [5.41, 5.74) is 8.28. The number of likely N-dealkylation sites (tertiary alicyclic amines) is 1. The first-order chi connectivity index (χ1) is 9.24. The predicted molar refractivity (Wildman–Crippen MR) is 77.4 cm³/mol. The summed E-state index contributed by atoms with van der Waals surface area (Å²) in [6.45, 7) is 1.85. The molecule has 0 amide bonds. The molecule has 1 aliphatic rings. The second-order valence-corrected chi connectivity index (χ2v) is 5.42. The molecule has 2 heterocycles. The van der Waals surface area contributed by atoms with Gasteiger partial charge in [-0.15, -0.1) is 0 Å². The maximum Gasteiger partial charge on any atom is 0.142 e. The quantitative estimate of drug-likeness (QED) is 0.888. The Labute approximate surface area is 113 Å². The smallest absolute Gasteiger partial charge is 0.142 e. The van der Waals surface area contributed by atoms with Crippen LogP contribution in [0.25, 0.3) is 10.9 Å². The molecule has 1 fully saturated rings. The van der Waals surface area contributed by atoms with E-state index in [1.54, 1.807) is 7.11 Å². The molecule has 2 aromatic rings. The molecular weight excluding hydrogens is 238 g/mol. The van der Waals surface area contributed by atoms with Crippen molar-refractivity contribution in [2.24, 2.45) is 11.7 Å². The molecule has 0 bridgehead atoms. The van der Waals surface area contributed by atoms with Gasteiger partial charge in [0.2, 0.25) is 0 Å². The average Bonchev–Trinajstić information content (AvgIpc) is 3.04. The van der Waals surface area contributed by atoms with E-state index < -0.39 is 0 Å². The molecule has 4 nitrogen and oxygen atoms in total. The number of benzene rings is 1. The van der Waals surface area contributed by atoms with Crippen LogP contribution in [0.5, 0.6) is 5.75 Å². The van der Waals surface area contributed by atoms with Gasteiger partial charge in [-0.2, -0.15) is 0 Å². The number of nitrogens with zero attached hydrogens (tertiary/aromatic N) is 1. The largest absolute Gasteiger partial charge is 0.495 e. The molecule has 1 saturated heterocycles. The summed E-state index contributed by atoms with van der Waals surface area (Å²) in [6.07, 6.45) is 3.12. The molecule has 2 atom stereocenters. The van der Waals surface area contributed by atoms with Gasteiger partial charge in [-0.05, 0) is 43.6 Å². The zero-order valence-corrected chi connectivity index (χ0v) is 11.5. The maximum absolute atomic E-state index is 5.82. The van der Waals surface area contributed by atoms with Crippen LogP contribution in [0.3, 0.4) is 0 Å². The van der Waals surface area contributed by atoms with Gasteiger partial charge in [0.25, 0.3) is 0 Å². The van der Waals surface area contributed by atoms with E-state index in [0.29, 0.717) is 12.0 Å². The van der Waals surface area contributed by atoms with Gasteiger partial charge < -0.3 is 15.5 Å². The SMILES string of the molecule is COc1ccc(C2CC(CN)CN2C)c2cc[nH]c12. The lowest BCUT2D eigenvalue weighted by Crippen LogP contribution is -2.20. The predicted octanol–water partition coefficient (Wildman–Crippen LogP) is 2.13. The Morgan fingerprint density at radius 1 is 1.42 bits per heavy atom. The topological polar surface area (TPSA) is 54.3 Å². The molecule has 1 aromatic carbocycles. The standard InChI is InChI=1S/C15H21N3O/c1-18-9-10(8-16)7-13(18)11-3-4-14(19-2)15-12(11)5-6-17-15/h3-6,10,13,17H,7-9,16H2,1-2H3. The molecule has 0 saturated carbocycles. The van der Waals surface area contributed by atoms with E-state index in [1.165, 1.54) is 10.9 Å². The number of hydrogen-bond acceptors (Lipinski definition) is 3. The minimum atomic E-state index is 0.456. The van der Waals surface area contributed by atoms with Crippen LogP contribution in [-0.4, -0.2) is 37.1 Å². The number of nitrogens with one attached hydrogen (secondary N) is 1. The van der Waals surface area contributed by atoms with Gasteiger partial charge in [-0.1, -0.05) is 6.07 Å². The number of methoxy groups -OCH3 is 1. The van der Waals surface area contributed by atoms with Gasteiger partial charge in [-0.25, -0.2) is 0 Å². The number of nitrogens with two attached hydrogens (primary N) is 1. The van der Waals surface area contributed by atoms with Crippen LogP contribution < -0.4 is 10.5 Å². The molecule has 3 N–H and O–H groups in total. The summed E-state index contributed by atoms with van der Waals surface area (Å²) in [5.74, 6) is 1.51. The van der Waals surface area contributed by atoms with E-state index in [0.717, 1.165) is 30.8 Å². The molecule has 3 rings (SSSR count). The molecule has 0 spiro atoms. The van der Waals surface area contributed by atoms with Crippen molar-refractivity contribution in [2.45, 2.75) is 12.5 Å². The molecule has 4 heteroatoms. The number of aromatic nitrogens is 1. The lowest BCUT2D eigenvalue weighted by atomic mass is 9.97. The van der Waals surface area contributed by atoms with Gasteiger partial charge in [0, 0.05) is 24.2 Å². The highest BCUT2D eigenvalue weighted by Gasteiger charge is 2.31. The van der Waals surface area contributed by atoms with E-state index in [9.17, 15) is 0 Å². The normalized spacial score (nSPS) is 24.2. The number of fused-ring (bicyclic) bond motifs is 1. The minimum absolute atomic E-state index is 0.456. The highest BCUT2D eigenvalue weighted by Crippen LogP contribution is 2.39.